The maximum atomic E-state index is 9.56. The molecule has 1 fully saturated rings. The van der Waals surface area contributed by atoms with Crippen LogP contribution in [-0.2, 0) is 0 Å². The summed E-state index contributed by atoms with van der Waals surface area (Å²) < 4.78 is 0. The highest BCUT2D eigenvalue weighted by Crippen LogP contribution is 2.23. The van der Waals surface area contributed by atoms with Crippen LogP contribution in [0.4, 0.5) is 11.8 Å². The molecule has 0 aromatic carbocycles. The Labute approximate surface area is 89.2 Å². The quantitative estimate of drug-likeness (QED) is 0.740. The summed E-state index contributed by atoms with van der Waals surface area (Å²) >= 11 is 0. The Hall–Kier alpha value is -1.36. The Bertz CT molecular complexity index is 344. The van der Waals surface area contributed by atoms with E-state index >= 15 is 0 Å². The van der Waals surface area contributed by atoms with Crippen molar-refractivity contribution in [1.29, 1.82) is 0 Å². The van der Waals surface area contributed by atoms with Gasteiger partial charge in [0.2, 0.25) is 5.95 Å². The first kappa shape index (κ1) is 10.2. The van der Waals surface area contributed by atoms with Crippen molar-refractivity contribution in [1.82, 2.24) is 9.97 Å². The molecule has 0 aliphatic carbocycles. The zero-order valence-corrected chi connectivity index (χ0v) is 9.01. The highest BCUT2D eigenvalue weighted by Gasteiger charge is 2.28. The molecular weight excluding hydrogens is 192 g/mol. The number of aliphatic hydroxyl groups excluding tert-OH is 1. The predicted molar refractivity (Wildman–Crippen MR) is 59.0 cm³/mol. The molecule has 15 heavy (non-hydrogen) atoms. The van der Waals surface area contributed by atoms with Crippen molar-refractivity contribution in [3.8, 4) is 0 Å². The molecule has 1 saturated heterocycles. The number of β-amino-alcohol motifs (C(OH)–C–C–N with tert-alkyl or cyclic N) is 1. The van der Waals surface area contributed by atoms with E-state index < -0.39 is 0 Å². The van der Waals surface area contributed by atoms with Crippen molar-refractivity contribution in [3.05, 3.63) is 12.3 Å². The fourth-order valence-electron chi connectivity index (χ4n) is 1.95. The van der Waals surface area contributed by atoms with Gasteiger partial charge in [-0.25, -0.2) is 4.98 Å². The fourth-order valence-corrected chi connectivity index (χ4v) is 1.95. The number of nitrogens with one attached hydrogen (secondary N) is 1. The first-order chi connectivity index (χ1) is 7.20. The lowest BCUT2D eigenvalue weighted by Crippen LogP contribution is -2.28. The van der Waals surface area contributed by atoms with Gasteiger partial charge in [-0.1, -0.05) is 0 Å². The summed E-state index contributed by atoms with van der Waals surface area (Å²) in [5.41, 5.74) is 0. The SMILES string of the molecule is CNc1nccc(N2C[C@H](O)CC2C)n1. The fraction of sp³-hybridized carbons (Fsp3) is 0.600. The van der Waals surface area contributed by atoms with E-state index in [1.54, 1.807) is 13.2 Å². The predicted octanol–water partition coefficient (Wildman–Crippen LogP) is 0.478. The van der Waals surface area contributed by atoms with Crippen LogP contribution in [-0.4, -0.2) is 40.8 Å². The third kappa shape index (κ3) is 2.02. The highest BCUT2D eigenvalue weighted by atomic mass is 16.3. The van der Waals surface area contributed by atoms with Gasteiger partial charge >= 0.3 is 0 Å². The molecule has 2 N–H and O–H groups in total. The van der Waals surface area contributed by atoms with Crippen molar-refractivity contribution in [2.75, 3.05) is 23.8 Å². The van der Waals surface area contributed by atoms with Crippen LogP contribution >= 0.6 is 0 Å². The molecular formula is C10H16N4O. The van der Waals surface area contributed by atoms with Gasteiger partial charge in [-0.15, -0.1) is 0 Å². The molecule has 0 radical (unpaired) electrons. The molecule has 1 unspecified atom stereocenters. The first-order valence-electron chi connectivity index (χ1n) is 5.16. The number of hydrogen-bond donors (Lipinski definition) is 2. The molecule has 2 heterocycles. The minimum absolute atomic E-state index is 0.243. The van der Waals surface area contributed by atoms with E-state index in [-0.39, 0.29) is 6.10 Å². The van der Waals surface area contributed by atoms with Gasteiger partial charge in [-0.2, -0.15) is 4.98 Å². The van der Waals surface area contributed by atoms with Gasteiger partial charge in [-0.05, 0) is 19.4 Å². The molecule has 2 atom stereocenters. The van der Waals surface area contributed by atoms with Gasteiger partial charge in [-0.3, -0.25) is 0 Å². The Kier molecular flexibility index (Phi) is 2.73. The Morgan fingerprint density at radius 1 is 1.60 bits per heavy atom. The summed E-state index contributed by atoms with van der Waals surface area (Å²) in [4.78, 5) is 10.5. The summed E-state index contributed by atoms with van der Waals surface area (Å²) in [5.74, 6) is 1.49. The van der Waals surface area contributed by atoms with Crippen molar-refractivity contribution >= 4 is 11.8 Å². The highest BCUT2D eigenvalue weighted by molar-refractivity contribution is 5.44. The molecule has 0 bridgehead atoms. The van der Waals surface area contributed by atoms with E-state index in [0.29, 0.717) is 18.5 Å². The maximum absolute atomic E-state index is 9.56. The van der Waals surface area contributed by atoms with Gasteiger partial charge in [0.25, 0.3) is 0 Å². The van der Waals surface area contributed by atoms with Crippen LogP contribution in [0.25, 0.3) is 0 Å². The van der Waals surface area contributed by atoms with Gasteiger partial charge in [0.05, 0.1) is 6.10 Å². The average molecular weight is 208 g/mol. The zero-order valence-electron chi connectivity index (χ0n) is 9.01. The Balaban J connectivity index is 2.21. The lowest BCUT2D eigenvalue weighted by Gasteiger charge is -2.22. The summed E-state index contributed by atoms with van der Waals surface area (Å²) in [6.07, 6.45) is 2.29. The average Bonchev–Trinajstić information content (AvgIpc) is 2.58. The van der Waals surface area contributed by atoms with Crippen LogP contribution in [0.2, 0.25) is 0 Å². The van der Waals surface area contributed by atoms with Crippen molar-refractivity contribution in [2.45, 2.75) is 25.5 Å². The number of hydrogen-bond acceptors (Lipinski definition) is 5. The molecule has 2 rings (SSSR count). The van der Waals surface area contributed by atoms with Crippen LogP contribution in [0.15, 0.2) is 12.3 Å². The molecule has 0 spiro atoms. The van der Waals surface area contributed by atoms with E-state index in [0.717, 1.165) is 12.2 Å². The van der Waals surface area contributed by atoms with Crippen molar-refractivity contribution in [2.24, 2.45) is 0 Å². The summed E-state index contributed by atoms with van der Waals surface area (Å²) in [5, 5.41) is 12.5. The van der Waals surface area contributed by atoms with E-state index in [2.05, 4.69) is 27.1 Å². The number of rotatable bonds is 2. The number of aliphatic hydroxyl groups is 1. The first-order valence-corrected chi connectivity index (χ1v) is 5.16. The second-order valence-electron chi connectivity index (χ2n) is 3.88. The van der Waals surface area contributed by atoms with Crippen LogP contribution in [0.5, 0.6) is 0 Å². The van der Waals surface area contributed by atoms with E-state index in [1.165, 1.54) is 0 Å². The summed E-state index contributed by atoms with van der Waals surface area (Å²) in [7, 11) is 1.79. The van der Waals surface area contributed by atoms with Gasteiger partial charge in [0.15, 0.2) is 0 Å². The maximum Gasteiger partial charge on any atom is 0.224 e. The number of anilines is 2. The summed E-state index contributed by atoms with van der Waals surface area (Å²) in [6.45, 7) is 2.75. The third-order valence-corrected chi connectivity index (χ3v) is 2.71. The van der Waals surface area contributed by atoms with Gasteiger partial charge in [0.1, 0.15) is 5.82 Å². The normalized spacial score (nSPS) is 25.7. The second kappa shape index (κ2) is 4.02. The molecule has 0 saturated carbocycles. The third-order valence-electron chi connectivity index (χ3n) is 2.71. The number of nitrogens with zero attached hydrogens (tertiary/aromatic N) is 3. The molecule has 0 amide bonds. The lowest BCUT2D eigenvalue weighted by molar-refractivity contribution is 0.195. The molecule has 1 aromatic rings. The van der Waals surface area contributed by atoms with Crippen molar-refractivity contribution in [3.63, 3.8) is 0 Å². The van der Waals surface area contributed by atoms with Crippen molar-refractivity contribution < 1.29 is 5.11 Å². The molecule has 1 aliphatic rings. The smallest absolute Gasteiger partial charge is 0.224 e. The topological polar surface area (TPSA) is 61.3 Å². The summed E-state index contributed by atoms with van der Waals surface area (Å²) in [6, 6.07) is 2.20. The molecule has 1 aromatic heterocycles. The van der Waals surface area contributed by atoms with Gasteiger partial charge < -0.3 is 15.3 Å². The zero-order chi connectivity index (χ0) is 10.8. The second-order valence-corrected chi connectivity index (χ2v) is 3.88. The van der Waals surface area contributed by atoms with Crippen LogP contribution in [0.3, 0.4) is 0 Å². The van der Waals surface area contributed by atoms with Crippen LogP contribution in [0, 0.1) is 0 Å². The standard InChI is InChI=1S/C10H16N4O/c1-7-5-8(15)6-14(7)9-3-4-12-10(11-2)13-9/h3-4,7-8,15H,5-6H2,1-2H3,(H,11,12,13)/t7?,8-/m1/s1. The Morgan fingerprint density at radius 3 is 3.00 bits per heavy atom. The van der Waals surface area contributed by atoms with Crippen LogP contribution < -0.4 is 10.2 Å². The van der Waals surface area contributed by atoms with E-state index in [4.69, 9.17) is 0 Å². The molecule has 5 nitrogen and oxygen atoms in total. The Morgan fingerprint density at radius 2 is 2.40 bits per heavy atom. The minimum atomic E-state index is -0.243. The lowest BCUT2D eigenvalue weighted by atomic mass is 10.2. The van der Waals surface area contributed by atoms with E-state index in [1.807, 2.05) is 6.07 Å². The minimum Gasteiger partial charge on any atom is -0.391 e. The van der Waals surface area contributed by atoms with Gasteiger partial charge in [0, 0.05) is 25.8 Å². The molecule has 82 valence electrons. The number of aromatic nitrogens is 2. The van der Waals surface area contributed by atoms with Crippen LogP contribution in [0.1, 0.15) is 13.3 Å². The van der Waals surface area contributed by atoms with E-state index in [9.17, 15) is 5.11 Å². The molecule has 5 heteroatoms. The largest absolute Gasteiger partial charge is 0.391 e. The monoisotopic (exact) mass is 208 g/mol. The molecule has 1 aliphatic heterocycles.